The van der Waals surface area contributed by atoms with Gasteiger partial charge in [-0.1, -0.05) is 11.6 Å². The van der Waals surface area contributed by atoms with Crippen LogP contribution < -0.4 is 5.32 Å². The molecule has 0 saturated carbocycles. The van der Waals surface area contributed by atoms with Gasteiger partial charge in [0.25, 0.3) is 0 Å². The van der Waals surface area contributed by atoms with Crippen molar-refractivity contribution in [3.05, 3.63) is 46.1 Å². The fourth-order valence-corrected chi connectivity index (χ4v) is 1.79. The van der Waals surface area contributed by atoms with Gasteiger partial charge in [-0.2, -0.15) is 9.37 Å². The van der Waals surface area contributed by atoms with E-state index >= 15 is 0 Å². The zero-order valence-corrected chi connectivity index (χ0v) is 11.2. The monoisotopic (exact) mass is 304 g/mol. The maximum atomic E-state index is 13.7. The molecule has 0 aliphatic carbocycles. The van der Waals surface area contributed by atoms with E-state index in [1.165, 1.54) is 12.1 Å². The van der Waals surface area contributed by atoms with Gasteiger partial charge in [0.15, 0.2) is 11.0 Å². The summed E-state index contributed by atoms with van der Waals surface area (Å²) < 4.78 is 26.4. The summed E-state index contributed by atoms with van der Waals surface area (Å²) in [6.07, 6.45) is 1.07. The molecule has 0 fully saturated rings. The van der Waals surface area contributed by atoms with Crippen LogP contribution in [0, 0.1) is 11.6 Å². The average Bonchev–Trinajstić information content (AvgIpc) is 2.36. The number of hydrogen-bond donors (Lipinski definition) is 1. The normalized spacial score (nSPS) is 12.3. The summed E-state index contributed by atoms with van der Waals surface area (Å²) in [6, 6.07) is 2.34. The third kappa shape index (κ3) is 3.27. The van der Waals surface area contributed by atoms with Crippen LogP contribution in [0.3, 0.4) is 0 Å². The molecule has 2 heterocycles. The molecule has 0 bridgehead atoms. The molecule has 0 saturated heterocycles. The van der Waals surface area contributed by atoms with Crippen molar-refractivity contribution in [2.75, 3.05) is 5.32 Å². The second-order valence-electron chi connectivity index (χ2n) is 3.71. The minimum Gasteiger partial charge on any atom is -0.359 e. The van der Waals surface area contributed by atoms with Crippen LogP contribution in [-0.4, -0.2) is 15.0 Å². The fourth-order valence-electron chi connectivity index (χ4n) is 1.41. The van der Waals surface area contributed by atoms with Crippen molar-refractivity contribution in [1.29, 1.82) is 0 Å². The van der Waals surface area contributed by atoms with Gasteiger partial charge in [0.1, 0.15) is 5.82 Å². The topological polar surface area (TPSA) is 50.7 Å². The summed E-state index contributed by atoms with van der Waals surface area (Å²) in [6.45, 7) is 1.71. The number of anilines is 1. The van der Waals surface area contributed by atoms with Crippen molar-refractivity contribution in [3.63, 3.8) is 0 Å². The molecule has 8 heteroatoms. The Labute approximate surface area is 117 Å². The molecule has 0 spiro atoms. The lowest BCUT2D eigenvalue weighted by Gasteiger charge is -2.14. The van der Waals surface area contributed by atoms with Crippen molar-refractivity contribution in [3.8, 4) is 0 Å². The Bertz CT molecular complexity index is 592. The molecule has 19 heavy (non-hydrogen) atoms. The van der Waals surface area contributed by atoms with E-state index in [0.717, 1.165) is 6.20 Å². The Kier molecular flexibility index (Phi) is 4.11. The SMILES string of the molecule is CC(Nc1nc(Cl)nc(Cl)c1F)c1ccc(F)cn1. The van der Waals surface area contributed by atoms with E-state index in [2.05, 4.69) is 20.3 Å². The highest BCUT2D eigenvalue weighted by molar-refractivity contribution is 6.32. The van der Waals surface area contributed by atoms with E-state index in [1.807, 2.05) is 0 Å². The Morgan fingerprint density at radius 2 is 1.95 bits per heavy atom. The molecule has 0 amide bonds. The zero-order chi connectivity index (χ0) is 14.0. The Morgan fingerprint density at radius 3 is 2.58 bits per heavy atom. The average molecular weight is 305 g/mol. The largest absolute Gasteiger partial charge is 0.359 e. The van der Waals surface area contributed by atoms with Crippen LogP contribution in [0.4, 0.5) is 14.6 Å². The first-order chi connectivity index (χ1) is 8.97. The van der Waals surface area contributed by atoms with Gasteiger partial charge >= 0.3 is 0 Å². The number of rotatable bonds is 3. The molecule has 0 aliphatic rings. The summed E-state index contributed by atoms with van der Waals surface area (Å²) >= 11 is 11.1. The van der Waals surface area contributed by atoms with E-state index in [-0.39, 0.29) is 16.3 Å². The standard InChI is InChI=1S/C11H8Cl2F2N4/c1-5(7-3-2-6(14)4-16-7)17-10-8(15)9(12)18-11(13)19-10/h2-5H,1H3,(H,17,18,19). The predicted octanol–water partition coefficient (Wildman–Crippen LogP) is 3.63. The first-order valence-electron chi connectivity index (χ1n) is 5.24. The van der Waals surface area contributed by atoms with Crippen molar-refractivity contribution < 1.29 is 8.78 Å². The van der Waals surface area contributed by atoms with Gasteiger partial charge in [0.2, 0.25) is 11.1 Å². The van der Waals surface area contributed by atoms with Gasteiger partial charge < -0.3 is 5.32 Å². The summed E-state index contributed by atoms with van der Waals surface area (Å²) in [5.74, 6) is -1.39. The van der Waals surface area contributed by atoms with Crippen LogP contribution >= 0.6 is 23.2 Å². The number of pyridine rings is 1. The van der Waals surface area contributed by atoms with Crippen LogP contribution in [0.2, 0.25) is 10.4 Å². The van der Waals surface area contributed by atoms with Crippen molar-refractivity contribution in [2.24, 2.45) is 0 Å². The van der Waals surface area contributed by atoms with Gasteiger partial charge in [-0.05, 0) is 30.7 Å². The van der Waals surface area contributed by atoms with E-state index < -0.39 is 17.7 Å². The van der Waals surface area contributed by atoms with E-state index in [0.29, 0.717) is 5.69 Å². The van der Waals surface area contributed by atoms with E-state index in [9.17, 15) is 8.78 Å². The smallest absolute Gasteiger partial charge is 0.225 e. The molecule has 2 aromatic heterocycles. The first-order valence-corrected chi connectivity index (χ1v) is 5.99. The molecule has 1 atom stereocenters. The number of aromatic nitrogens is 3. The maximum absolute atomic E-state index is 13.7. The first kappa shape index (κ1) is 13.9. The van der Waals surface area contributed by atoms with E-state index in [4.69, 9.17) is 23.2 Å². The molecule has 0 aromatic carbocycles. The highest BCUT2D eigenvalue weighted by Gasteiger charge is 2.15. The van der Waals surface area contributed by atoms with Crippen LogP contribution in [0.1, 0.15) is 18.7 Å². The molecule has 100 valence electrons. The number of hydrogen-bond acceptors (Lipinski definition) is 4. The van der Waals surface area contributed by atoms with Crippen LogP contribution in [0.15, 0.2) is 18.3 Å². The summed E-state index contributed by atoms with van der Waals surface area (Å²) in [7, 11) is 0. The second kappa shape index (κ2) is 5.63. The van der Waals surface area contributed by atoms with Gasteiger partial charge in [0, 0.05) is 0 Å². The zero-order valence-electron chi connectivity index (χ0n) is 9.66. The molecule has 1 N–H and O–H groups in total. The highest BCUT2D eigenvalue weighted by Crippen LogP contribution is 2.24. The highest BCUT2D eigenvalue weighted by atomic mass is 35.5. The Morgan fingerprint density at radius 1 is 1.21 bits per heavy atom. The Balaban J connectivity index is 2.23. The number of halogens is 4. The summed E-state index contributed by atoms with van der Waals surface area (Å²) in [5.41, 5.74) is 0.520. The van der Waals surface area contributed by atoms with E-state index in [1.54, 1.807) is 6.92 Å². The summed E-state index contributed by atoms with van der Waals surface area (Å²) in [4.78, 5) is 11.0. The van der Waals surface area contributed by atoms with Crippen LogP contribution in [0.5, 0.6) is 0 Å². The van der Waals surface area contributed by atoms with Crippen molar-refractivity contribution in [2.45, 2.75) is 13.0 Å². The van der Waals surface area contributed by atoms with Gasteiger partial charge in [-0.3, -0.25) is 4.98 Å². The lowest BCUT2D eigenvalue weighted by molar-refractivity contribution is 0.609. The molecular formula is C11H8Cl2F2N4. The Hall–Kier alpha value is -1.53. The third-order valence-corrected chi connectivity index (χ3v) is 2.75. The quantitative estimate of drug-likeness (QED) is 0.695. The maximum Gasteiger partial charge on any atom is 0.225 e. The molecule has 4 nitrogen and oxygen atoms in total. The fraction of sp³-hybridized carbons (Fsp3) is 0.182. The number of nitrogens with zero attached hydrogens (tertiary/aromatic N) is 3. The van der Waals surface area contributed by atoms with Gasteiger partial charge in [-0.15, -0.1) is 0 Å². The van der Waals surface area contributed by atoms with Crippen molar-refractivity contribution >= 4 is 29.0 Å². The molecule has 2 aromatic rings. The molecule has 2 rings (SSSR count). The summed E-state index contributed by atoms with van der Waals surface area (Å²) in [5, 5.41) is 2.20. The van der Waals surface area contributed by atoms with Crippen LogP contribution in [-0.2, 0) is 0 Å². The van der Waals surface area contributed by atoms with Gasteiger partial charge in [0.05, 0.1) is 17.9 Å². The van der Waals surface area contributed by atoms with Crippen molar-refractivity contribution in [1.82, 2.24) is 15.0 Å². The van der Waals surface area contributed by atoms with Crippen LogP contribution in [0.25, 0.3) is 0 Å². The third-order valence-electron chi connectivity index (χ3n) is 2.33. The minimum atomic E-state index is -0.806. The lowest BCUT2D eigenvalue weighted by Crippen LogP contribution is -2.12. The number of nitrogens with one attached hydrogen (secondary N) is 1. The molecule has 0 aliphatic heterocycles. The molecular weight excluding hydrogens is 297 g/mol. The molecule has 0 radical (unpaired) electrons. The lowest BCUT2D eigenvalue weighted by atomic mass is 10.2. The second-order valence-corrected chi connectivity index (χ2v) is 4.41. The minimum absolute atomic E-state index is 0.136. The molecule has 1 unspecified atom stereocenters. The van der Waals surface area contributed by atoms with Gasteiger partial charge in [-0.25, -0.2) is 9.37 Å². The predicted molar refractivity (Wildman–Crippen MR) is 68.2 cm³/mol.